The van der Waals surface area contributed by atoms with Gasteiger partial charge in [0.05, 0.1) is 10.2 Å². The van der Waals surface area contributed by atoms with Gasteiger partial charge in [0.1, 0.15) is 17.3 Å². The Morgan fingerprint density at radius 1 is 1.25 bits per heavy atom. The predicted octanol–water partition coefficient (Wildman–Crippen LogP) is 2.50. The normalized spacial score (nSPS) is 57.6. The smallest absolute Gasteiger partial charge is 0.248 e. The number of allylic oxidation sites excluding steroid dienone is 3. The second kappa shape index (κ2) is 4.52. The van der Waals surface area contributed by atoms with Crippen LogP contribution in [0.15, 0.2) is 23.5 Å². The summed E-state index contributed by atoms with van der Waals surface area (Å²) in [6, 6.07) is 0. The fraction of sp³-hybridized carbons (Fsp3) is 0.727. The molecule has 0 aromatic rings. The van der Waals surface area contributed by atoms with Crippen molar-refractivity contribution in [3.05, 3.63) is 23.5 Å². The molecule has 6 fully saturated rings. The van der Waals surface area contributed by atoms with Crippen LogP contribution in [0.1, 0.15) is 40.0 Å². The molecule has 0 radical (unpaired) electrons. The molecule has 7 aliphatic rings. The summed E-state index contributed by atoms with van der Waals surface area (Å²) in [5, 5.41) is 23.3. The van der Waals surface area contributed by atoms with Crippen LogP contribution in [0.25, 0.3) is 0 Å². The highest BCUT2D eigenvalue weighted by molar-refractivity contribution is 9.10. The Balaban J connectivity index is 1.68. The molecule has 5 nitrogen and oxygen atoms in total. The van der Waals surface area contributed by atoms with Crippen molar-refractivity contribution in [3.63, 3.8) is 0 Å². The average molecular weight is 449 g/mol. The first-order valence-corrected chi connectivity index (χ1v) is 11.1. The average Bonchev–Trinajstić information content (AvgIpc) is 2.59. The van der Waals surface area contributed by atoms with Crippen LogP contribution in [-0.2, 0) is 14.3 Å². The zero-order valence-corrected chi connectivity index (χ0v) is 17.9. The number of hydrogen-bond donors (Lipinski definition) is 2. The van der Waals surface area contributed by atoms with Gasteiger partial charge in [-0.15, -0.1) is 0 Å². The number of carbonyl (C=O) groups excluding carboxylic acids is 2. The molecule has 2 aliphatic heterocycles. The summed E-state index contributed by atoms with van der Waals surface area (Å²) in [5.74, 6) is -2.73. The Labute approximate surface area is 172 Å². The molecule has 9 unspecified atom stereocenters. The van der Waals surface area contributed by atoms with Crippen LogP contribution in [0.4, 0.5) is 0 Å². The zero-order chi connectivity index (χ0) is 20.2. The second-order valence-electron chi connectivity index (χ2n) is 10.5. The number of rotatable bonds is 0. The molecule has 7 rings (SSSR count). The molecule has 5 aliphatic carbocycles. The molecular weight excluding hydrogens is 424 g/mol. The van der Waals surface area contributed by atoms with E-state index in [1.807, 2.05) is 20.8 Å². The first-order valence-electron chi connectivity index (χ1n) is 10.2. The van der Waals surface area contributed by atoms with Gasteiger partial charge >= 0.3 is 0 Å². The van der Waals surface area contributed by atoms with Gasteiger partial charge in [0.15, 0.2) is 11.6 Å². The van der Waals surface area contributed by atoms with Gasteiger partial charge in [0, 0.05) is 17.4 Å². The highest BCUT2D eigenvalue weighted by atomic mass is 79.9. The van der Waals surface area contributed by atoms with Crippen molar-refractivity contribution in [2.75, 3.05) is 0 Å². The zero-order valence-electron chi connectivity index (χ0n) is 16.3. The van der Waals surface area contributed by atoms with Gasteiger partial charge in [0.25, 0.3) is 0 Å². The Bertz CT molecular complexity index is 935. The van der Waals surface area contributed by atoms with Crippen LogP contribution < -0.4 is 0 Å². The topological polar surface area (TPSA) is 83.8 Å². The molecule has 4 saturated carbocycles. The quantitative estimate of drug-likeness (QED) is 0.556. The number of carbonyl (C=O) groups is 2. The molecule has 2 saturated heterocycles. The molecule has 2 N–H and O–H groups in total. The molecule has 2 spiro atoms. The standard InChI is InChI=1S/C22H25BrO5/c1-8-10-5-6-12-20-9(2)28-22(27,21(12)14(10)13(8)17(21)25)18(26)15(20)19(3,4)7-11(23)16(20)24/h10-12,14-15,18,26-27H,2,5-7H2,1,3-4H3. The fourth-order valence-corrected chi connectivity index (χ4v) is 9.89. The summed E-state index contributed by atoms with van der Waals surface area (Å²) in [7, 11) is 0. The van der Waals surface area contributed by atoms with Gasteiger partial charge in [-0.3, -0.25) is 9.59 Å². The van der Waals surface area contributed by atoms with Crippen LogP contribution in [0.3, 0.4) is 0 Å². The van der Waals surface area contributed by atoms with Gasteiger partial charge < -0.3 is 14.9 Å². The summed E-state index contributed by atoms with van der Waals surface area (Å²) in [4.78, 5) is 26.9. The van der Waals surface area contributed by atoms with E-state index in [-0.39, 0.29) is 35.1 Å². The summed E-state index contributed by atoms with van der Waals surface area (Å²) >= 11 is 3.57. The lowest BCUT2D eigenvalue weighted by Gasteiger charge is -2.80. The van der Waals surface area contributed by atoms with Crippen molar-refractivity contribution >= 4 is 27.5 Å². The third-order valence-corrected chi connectivity index (χ3v) is 10.2. The third-order valence-electron chi connectivity index (χ3n) is 9.45. The molecule has 0 aromatic heterocycles. The van der Waals surface area contributed by atoms with Gasteiger partial charge in [-0.05, 0) is 43.4 Å². The molecule has 6 heteroatoms. The number of alkyl halides is 1. The minimum atomic E-state index is -2.01. The van der Waals surface area contributed by atoms with Crippen LogP contribution in [0, 0.1) is 39.9 Å². The molecular formula is C22H25BrO5. The maximum atomic E-state index is 13.8. The lowest BCUT2D eigenvalue weighted by atomic mass is 9.25. The van der Waals surface area contributed by atoms with Crippen LogP contribution in [0.5, 0.6) is 0 Å². The van der Waals surface area contributed by atoms with E-state index in [2.05, 4.69) is 22.5 Å². The lowest BCUT2D eigenvalue weighted by Crippen LogP contribution is -2.89. The van der Waals surface area contributed by atoms with Gasteiger partial charge in [-0.25, -0.2) is 0 Å². The number of aliphatic hydroxyl groups is 2. The van der Waals surface area contributed by atoms with Gasteiger partial charge in [-0.1, -0.05) is 41.9 Å². The first kappa shape index (κ1) is 17.8. The van der Waals surface area contributed by atoms with E-state index in [1.165, 1.54) is 0 Å². The van der Waals surface area contributed by atoms with Crippen molar-refractivity contribution in [2.45, 2.75) is 56.8 Å². The summed E-state index contributed by atoms with van der Waals surface area (Å²) in [5.41, 5.74) is -0.891. The van der Waals surface area contributed by atoms with Crippen LogP contribution >= 0.6 is 15.9 Å². The summed E-state index contributed by atoms with van der Waals surface area (Å²) in [6.45, 7) is 10.1. The van der Waals surface area contributed by atoms with E-state index < -0.39 is 38.9 Å². The maximum absolute atomic E-state index is 13.8. The monoisotopic (exact) mass is 448 g/mol. The van der Waals surface area contributed by atoms with Crippen molar-refractivity contribution in [1.82, 2.24) is 0 Å². The lowest BCUT2D eigenvalue weighted by molar-refractivity contribution is -0.422. The highest BCUT2D eigenvalue weighted by Gasteiger charge is 2.92. The summed E-state index contributed by atoms with van der Waals surface area (Å²) < 4.78 is 5.95. The first-order chi connectivity index (χ1) is 13.0. The SMILES string of the molecule is C=C1OC2(O)C(O)C3C(C)(C)CC(Br)C(=O)C13C1CCC3C(C)=C4C(=O)C12C43. The largest absolute Gasteiger partial charge is 0.462 e. The minimum Gasteiger partial charge on any atom is -0.462 e. The van der Waals surface area contributed by atoms with Gasteiger partial charge in [-0.2, -0.15) is 0 Å². The Kier molecular flexibility index (Phi) is 2.88. The molecule has 0 amide bonds. The molecule has 9 atom stereocenters. The number of Topliss-reactive ketones (excluding diaryl/α,β-unsaturated/α-hetero) is 2. The van der Waals surface area contributed by atoms with E-state index in [0.29, 0.717) is 12.8 Å². The van der Waals surface area contributed by atoms with Crippen molar-refractivity contribution < 1.29 is 24.5 Å². The molecule has 28 heavy (non-hydrogen) atoms. The van der Waals surface area contributed by atoms with E-state index in [4.69, 9.17) is 4.74 Å². The predicted molar refractivity (Wildman–Crippen MR) is 103 cm³/mol. The highest BCUT2D eigenvalue weighted by Crippen LogP contribution is 2.83. The van der Waals surface area contributed by atoms with E-state index in [9.17, 15) is 19.8 Å². The van der Waals surface area contributed by atoms with Crippen LogP contribution in [-0.4, -0.2) is 38.5 Å². The van der Waals surface area contributed by atoms with E-state index >= 15 is 0 Å². The molecule has 2 heterocycles. The molecule has 2 bridgehead atoms. The Morgan fingerprint density at radius 3 is 2.61 bits per heavy atom. The molecule has 0 aromatic carbocycles. The van der Waals surface area contributed by atoms with Crippen molar-refractivity contribution in [1.29, 1.82) is 0 Å². The number of hydrogen-bond acceptors (Lipinski definition) is 5. The van der Waals surface area contributed by atoms with E-state index in [1.54, 1.807) is 0 Å². The third kappa shape index (κ3) is 1.31. The van der Waals surface area contributed by atoms with Gasteiger partial charge in [0.2, 0.25) is 5.79 Å². The Morgan fingerprint density at radius 2 is 1.93 bits per heavy atom. The van der Waals surface area contributed by atoms with Crippen molar-refractivity contribution in [2.24, 2.45) is 39.9 Å². The number of fused-ring (bicyclic) bond motifs is 1. The maximum Gasteiger partial charge on any atom is 0.248 e. The number of ether oxygens (including phenoxy) is 1. The van der Waals surface area contributed by atoms with Crippen LogP contribution in [0.2, 0.25) is 0 Å². The Hall–Kier alpha value is -0.980. The number of halogens is 1. The second-order valence-corrected chi connectivity index (χ2v) is 11.7. The van der Waals surface area contributed by atoms with E-state index in [0.717, 1.165) is 17.6 Å². The number of aliphatic hydroxyl groups excluding tert-OH is 1. The number of ketones is 2. The molecule has 150 valence electrons. The minimum absolute atomic E-state index is 0.0493. The van der Waals surface area contributed by atoms with Crippen molar-refractivity contribution in [3.8, 4) is 0 Å². The fourth-order valence-electron chi connectivity index (χ4n) is 8.67. The summed E-state index contributed by atoms with van der Waals surface area (Å²) in [6.07, 6.45) is 0.808.